The van der Waals surface area contributed by atoms with E-state index in [1.54, 1.807) is 49.9 Å². The second-order valence-electron chi connectivity index (χ2n) is 5.53. The average molecular weight is 420 g/mol. The van der Waals surface area contributed by atoms with Crippen molar-refractivity contribution in [2.45, 2.75) is 0 Å². The zero-order valence-corrected chi connectivity index (χ0v) is 17.0. The Bertz CT molecular complexity index is 993. The number of rotatable bonds is 7. The van der Waals surface area contributed by atoms with Crippen LogP contribution < -0.4 is 24.8 Å². The van der Waals surface area contributed by atoms with Crippen LogP contribution in [0, 0.1) is 0 Å². The number of amides is 1. The molecule has 0 saturated carbocycles. The van der Waals surface area contributed by atoms with Crippen molar-refractivity contribution in [1.29, 1.82) is 0 Å². The molecule has 3 aromatic rings. The molecular formula is C19H18ClN3O4S. The van der Waals surface area contributed by atoms with Crippen molar-refractivity contribution in [3.05, 3.63) is 52.5 Å². The monoisotopic (exact) mass is 419 g/mol. The number of thiazole rings is 1. The molecule has 3 rings (SSSR count). The fourth-order valence-corrected chi connectivity index (χ4v) is 3.35. The number of methoxy groups -OCH3 is 3. The predicted molar refractivity (Wildman–Crippen MR) is 111 cm³/mol. The van der Waals surface area contributed by atoms with Gasteiger partial charge in [0.15, 0.2) is 5.13 Å². The first kappa shape index (κ1) is 19.8. The second-order valence-corrected chi connectivity index (χ2v) is 6.80. The Balaban J connectivity index is 1.71. The fourth-order valence-electron chi connectivity index (χ4n) is 2.39. The lowest BCUT2D eigenvalue weighted by atomic mass is 10.2. The van der Waals surface area contributed by atoms with Crippen LogP contribution in [0.15, 0.2) is 41.8 Å². The Labute approximate surface area is 171 Å². The van der Waals surface area contributed by atoms with E-state index < -0.39 is 0 Å². The standard InChI is InChI=1S/C19H18ClN3O4S/c1-25-12-5-6-14(17(9-12)27-3)22-19-23-15(10-28-19)18(24)21-11-4-7-16(26-2)13(20)8-11/h4-10H,1-3H3,(H,21,24)(H,22,23). The largest absolute Gasteiger partial charge is 0.497 e. The molecule has 9 heteroatoms. The van der Waals surface area contributed by atoms with E-state index in [0.717, 1.165) is 0 Å². The molecule has 0 radical (unpaired) electrons. The van der Waals surface area contributed by atoms with Gasteiger partial charge in [-0.15, -0.1) is 11.3 Å². The average Bonchev–Trinajstić information content (AvgIpc) is 3.17. The number of carbonyl (C=O) groups excluding carboxylic acids is 1. The molecule has 2 N–H and O–H groups in total. The number of hydrogen-bond acceptors (Lipinski definition) is 7. The zero-order valence-electron chi connectivity index (χ0n) is 15.4. The predicted octanol–water partition coefficient (Wildman–Crippen LogP) is 4.82. The van der Waals surface area contributed by atoms with Crippen molar-refractivity contribution in [1.82, 2.24) is 4.98 Å². The molecule has 1 amide bonds. The lowest BCUT2D eigenvalue weighted by Crippen LogP contribution is -2.12. The molecule has 0 fully saturated rings. The van der Waals surface area contributed by atoms with Gasteiger partial charge >= 0.3 is 0 Å². The Kier molecular flexibility index (Phi) is 6.23. The van der Waals surface area contributed by atoms with Crippen molar-refractivity contribution in [3.63, 3.8) is 0 Å². The number of benzene rings is 2. The van der Waals surface area contributed by atoms with Crippen LogP contribution in [0.4, 0.5) is 16.5 Å². The SMILES string of the molecule is COc1ccc(Nc2nc(C(=O)Nc3ccc(OC)c(Cl)c3)cs2)c(OC)c1. The summed E-state index contributed by atoms with van der Waals surface area (Å²) in [4.78, 5) is 16.8. The maximum absolute atomic E-state index is 12.4. The van der Waals surface area contributed by atoms with Crippen molar-refractivity contribution in [2.75, 3.05) is 32.0 Å². The van der Waals surface area contributed by atoms with Crippen LogP contribution in [-0.2, 0) is 0 Å². The summed E-state index contributed by atoms with van der Waals surface area (Å²) < 4.78 is 15.6. The van der Waals surface area contributed by atoms with Crippen LogP contribution in [0.5, 0.6) is 17.2 Å². The van der Waals surface area contributed by atoms with Crippen molar-refractivity contribution in [2.24, 2.45) is 0 Å². The number of aromatic nitrogens is 1. The third kappa shape index (κ3) is 4.47. The Morgan fingerprint density at radius 3 is 2.50 bits per heavy atom. The third-order valence-corrected chi connectivity index (χ3v) is 4.85. The summed E-state index contributed by atoms with van der Waals surface area (Å²) in [5.41, 5.74) is 1.55. The maximum atomic E-state index is 12.4. The van der Waals surface area contributed by atoms with Crippen LogP contribution >= 0.6 is 22.9 Å². The van der Waals surface area contributed by atoms with Crippen molar-refractivity contribution in [3.8, 4) is 17.2 Å². The topological polar surface area (TPSA) is 81.7 Å². The smallest absolute Gasteiger partial charge is 0.275 e. The van der Waals surface area contributed by atoms with Gasteiger partial charge in [-0.3, -0.25) is 4.79 Å². The van der Waals surface area contributed by atoms with Crippen LogP contribution in [0.3, 0.4) is 0 Å². The lowest BCUT2D eigenvalue weighted by Gasteiger charge is -2.10. The Hall–Kier alpha value is -2.97. The molecule has 1 heterocycles. The molecule has 0 bridgehead atoms. The Morgan fingerprint density at radius 2 is 1.82 bits per heavy atom. The molecule has 0 saturated heterocycles. The summed E-state index contributed by atoms with van der Waals surface area (Å²) in [6, 6.07) is 10.4. The summed E-state index contributed by atoms with van der Waals surface area (Å²) >= 11 is 7.39. The quantitative estimate of drug-likeness (QED) is 0.571. The highest BCUT2D eigenvalue weighted by molar-refractivity contribution is 7.14. The first-order valence-electron chi connectivity index (χ1n) is 8.13. The van der Waals surface area contributed by atoms with Gasteiger partial charge in [0, 0.05) is 17.1 Å². The molecule has 146 valence electrons. The van der Waals surface area contributed by atoms with E-state index in [4.69, 9.17) is 25.8 Å². The molecule has 28 heavy (non-hydrogen) atoms. The molecule has 1 aromatic heterocycles. The van der Waals surface area contributed by atoms with Gasteiger partial charge in [0.05, 0.1) is 32.0 Å². The highest BCUT2D eigenvalue weighted by atomic mass is 35.5. The first-order chi connectivity index (χ1) is 13.5. The van der Waals surface area contributed by atoms with Crippen LogP contribution in [0.2, 0.25) is 5.02 Å². The maximum Gasteiger partial charge on any atom is 0.275 e. The highest BCUT2D eigenvalue weighted by Crippen LogP contribution is 2.32. The number of nitrogens with one attached hydrogen (secondary N) is 2. The van der Waals surface area contributed by atoms with Crippen LogP contribution in [-0.4, -0.2) is 32.2 Å². The highest BCUT2D eigenvalue weighted by Gasteiger charge is 2.14. The fraction of sp³-hybridized carbons (Fsp3) is 0.158. The molecule has 0 spiro atoms. The van der Waals surface area contributed by atoms with E-state index in [2.05, 4.69) is 15.6 Å². The summed E-state index contributed by atoms with van der Waals surface area (Å²) in [7, 11) is 4.69. The van der Waals surface area contributed by atoms with Gasteiger partial charge in [-0.2, -0.15) is 0 Å². The molecule has 0 aliphatic rings. The number of nitrogens with zero attached hydrogens (tertiary/aromatic N) is 1. The van der Waals surface area contributed by atoms with E-state index in [0.29, 0.717) is 38.8 Å². The lowest BCUT2D eigenvalue weighted by molar-refractivity contribution is 0.102. The molecule has 0 atom stereocenters. The number of hydrogen-bond donors (Lipinski definition) is 2. The molecule has 7 nitrogen and oxygen atoms in total. The summed E-state index contributed by atoms with van der Waals surface area (Å²) in [5.74, 6) is 1.48. The summed E-state index contributed by atoms with van der Waals surface area (Å²) in [6.45, 7) is 0. The normalized spacial score (nSPS) is 10.3. The zero-order chi connectivity index (χ0) is 20.1. The van der Waals surface area contributed by atoms with Gasteiger partial charge in [-0.25, -0.2) is 4.98 Å². The minimum Gasteiger partial charge on any atom is -0.497 e. The van der Waals surface area contributed by atoms with E-state index in [1.807, 2.05) is 6.07 Å². The number of halogens is 1. The minimum atomic E-state index is -0.341. The van der Waals surface area contributed by atoms with E-state index in [9.17, 15) is 4.79 Å². The molecule has 0 aliphatic carbocycles. The van der Waals surface area contributed by atoms with Crippen LogP contribution in [0.25, 0.3) is 0 Å². The molecular weight excluding hydrogens is 402 g/mol. The number of anilines is 3. The van der Waals surface area contributed by atoms with E-state index in [-0.39, 0.29) is 11.6 Å². The number of carbonyl (C=O) groups is 1. The second kappa shape index (κ2) is 8.81. The van der Waals surface area contributed by atoms with Gasteiger partial charge < -0.3 is 24.8 Å². The Morgan fingerprint density at radius 1 is 1.04 bits per heavy atom. The minimum absolute atomic E-state index is 0.284. The van der Waals surface area contributed by atoms with Gasteiger partial charge in [-0.1, -0.05) is 11.6 Å². The first-order valence-corrected chi connectivity index (χ1v) is 9.39. The van der Waals surface area contributed by atoms with Crippen molar-refractivity contribution >= 4 is 45.4 Å². The van der Waals surface area contributed by atoms with Gasteiger partial charge in [-0.05, 0) is 30.3 Å². The van der Waals surface area contributed by atoms with Gasteiger partial charge in [0.2, 0.25) is 0 Å². The molecule has 0 unspecified atom stereocenters. The van der Waals surface area contributed by atoms with Crippen LogP contribution in [0.1, 0.15) is 10.5 Å². The van der Waals surface area contributed by atoms with Crippen molar-refractivity contribution < 1.29 is 19.0 Å². The summed E-state index contributed by atoms with van der Waals surface area (Å²) in [6.07, 6.45) is 0. The van der Waals surface area contributed by atoms with Gasteiger partial charge in [0.25, 0.3) is 5.91 Å². The molecule has 0 aliphatic heterocycles. The third-order valence-electron chi connectivity index (χ3n) is 3.80. The molecule has 2 aromatic carbocycles. The number of ether oxygens (including phenoxy) is 3. The van der Waals surface area contributed by atoms with E-state index >= 15 is 0 Å². The van der Waals surface area contributed by atoms with Gasteiger partial charge in [0.1, 0.15) is 22.9 Å². The summed E-state index contributed by atoms with van der Waals surface area (Å²) in [5, 5.41) is 8.54. The van der Waals surface area contributed by atoms with E-state index in [1.165, 1.54) is 18.4 Å².